The van der Waals surface area contributed by atoms with Gasteiger partial charge in [0.2, 0.25) is 0 Å². The molecule has 1 unspecified atom stereocenters. The largest absolute Gasteiger partial charge is 0.466 e. The Kier molecular flexibility index (Phi) is 4.45. The zero-order chi connectivity index (χ0) is 14.9. The maximum Gasteiger partial charge on any atom is 0.142 e. The number of aryl methyl sites for hydroxylation is 2. The van der Waals surface area contributed by atoms with Gasteiger partial charge in [0.1, 0.15) is 23.2 Å². The molecule has 1 N–H and O–H groups in total. The summed E-state index contributed by atoms with van der Waals surface area (Å²) in [4.78, 5) is 0. The van der Waals surface area contributed by atoms with Crippen LogP contribution in [0.5, 0.6) is 0 Å². The molecule has 5 heteroatoms. The lowest BCUT2D eigenvalue weighted by atomic mass is 9.98. The molecule has 0 radical (unpaired) electrons. The first-order valence-corrected chi connectivity index (χ1v) is 6.76. The summed E-state index contributed by atoms with van der Waals surface area (Å²) >= 11 is 5.60. The van der Waals surface area contributed by atoms with Crippen LogP contribution in [0.15, 0.2) is 22.6 Å². The molecule has 1 aromatic heterocycles. The summed E-state index contributed by atoms with van der Waals surface area (Å²) in [6.07, 6.45) is 0. The van der Waals surface area contributed by atoms with Gasteiger partial charge in [-0.3, -0.25) is 0 Å². The first-order chi connectivity index (χ1) is 9.43. The van der Waals surface area contributed by atoms with Gasteiger partial charge in [0.15, 0.2) is 0 Å². The molecule has 2 rings (SSSR count). The molecule has 0 spiro atoms. The molecule has 1 heterocycles. The van der Waals surface area contributed by atoms with E-state index < -0.39 is 17.7 Å². The maximum absolute atomic E-state index is 14.1. The summed E-state index contributed by atoms with van der Waals surface area (Å²) in [5.41, 5.74) is 1.02. The number of halogens is 3. The monoisotopic (exact) mass is 299 g/mol. The molecule has 20 heavy (non-hydrogen) atoms. The highest BCUT2D eigenvalue weighted by molar-refractivity contribution is 6.30. The lowest BCUT2D eigenvalue weighted by Crippen LogP contribution is -2.23. The average Bonchev–Trinajstić information content (AvgIpc) is 2.70. The Morgan fingerprint density at radius 3 is 2.40 bits per heavy atom. The maximum atomic E-state index is 14.1. The van der Waals surface area contributed by atoms with Gasteiger partial charge < -0.3 is 9.73 Å². The second-order valence-electron chi connectivity index (χ2n) is 4.65. The number of hydrogen-bond acceptors (Lipinski definition) is 2. The third kappa shape index (κ3) is 2.86. The third-order valence-electron chi connectivity index (χ3n) is 3.15. The first-order valence-electron chi connectivity index (χ1n) is 6.38. The van der Waals surface area contributed by atoms with Gasteiger partial charge >= 0.3 is 0 Å². The van der Waals surface area contributed by atoms with Gasteiger partial charge in [-0.05, 0) is 38.6 Å². The SMILES string of the molecule is CCNC(c1cc(F)c(Cl)cc1F)c1cc(C)oc1C. The number of furan rings is 1. The fraction of sp³-hybridized carbons (Fsp3) is 0.333. The van der Waals surface area contributed by atoms with E-state index in [0.717, 1.165) is 23.5 Å². The van der Waals surface area contributed by atoms with Crippen LogP contribution in [0.3, 0.4) is 0 Å². The molecule has 2 nitrogen and oxygen atoms in total. The van der Waals surface area contributed by atoms with Gasteiger partial charge in [-0.15, -0.1) is 0 Å². The second kappa shape index (κ2) is 5.94. The van der Waals surface area contributed by atoms with Crippen molar-refractivity contribution < 1.29 is 13.2 Å². The predicted octanol–water partition coefficient (Wildman–Crippen LogP) is 4.53. The molecule has 2 aromatic rings. The molecular formula is C15H16ClF2NO. The number of hydrogen-bond donors (Lipinski definition) is 1. The van der Waals surface area contributed by atoms with E-state index in [1.807, 2.05) is 19.9 Å². The van der Waals surface area contributed by atoms with E-state index in [4.69, 9.17) is 16.0 Å². The van der Waals surface area contributed by atoms with Crippen molar-refractivity contribution in [3.63, 3.8) is 0 Å². The van der Waals surface area contributed by atoms with Crippen molar-refractivity contribution in [1.82, 2.24) is 5.32 Å². The van der Waals surface area contributed by atoms with E-state index in [0.29, 0.717) is 12.3 Å². The van der Waals surface area contributed by atoms with E-state index in [2.05, 4.69) is 5.32 Å². The van der Waals surface area contributed by atoms with E-state index in [9.17, 15) is 8.78 Å². The standard InChI is InChI=1S/C15H16ClF2NO/c1-4-19-15(10-5-8(2)20-9(10)3)11-6-14(18)12(16)7-13(11)17/h5-7,15,19H,4H2,1-3H3. The fourth-order valence-corrected chi connectivity index (χ4v) is 2.44. The number of nitrogens with one attached hydrogen (secondary N) is 1. The van der Waals surface area contributed by atoms with Gasteiger partial charge in [-0.25, -0.2) is 8.78 Å². The Bertz CT molecular complexity index is 625. The van der Waals surface area contributed by atoms with Crippen LogP contribution in [0.1, 0.15) is 35.6 Å². The lowest BCUT2D eigenvalue weighted by molar-refractivity contribution is 0.491. The van der Waals surface area contributed by atoms with Gasteiger partial charge in [0.25, 0.3) is 0 Å². The molecule has 0 aliphatic heterocycles. The van der Waals surface area contributed by atoms with E-state index in [-0.39, 0.29) is 10.6 Å². The topological polar surface area (TPSA) is 25.2 Å². The Hall–Kier alpha value is -1.39. The number of rotatable bonds is 4. The van der Waals surface area contributed by atoms with Crippen molar-refractivity contribution in [3.05, 3.63) is 57.5 Å². The summed E-state index contributed by atoms with van der Waals surface area (Å²) in [7, 11) is 0. The van der Waals surface area contributed by atoms with Crippen molar-refractivity contribution in [1.29, 1.82) is 0 Å². The summed E-state index contributed by atoms with van der Waals surface area (Å²) in [6.45, 7) is 6.13. The summed E-state index contributed by atoms with van der Waals surface area (Å²) in [6, 6.07) is 3.49. The summed E-state index contributed by atoms with van der Waals surface area (Å²) in [5, 5.41) is 2.93. The molecule has 0 saturated heterocycles. The van der Waals surface area contributed by atoms with Crippen molar-refractivity contribution in [2.45, 2.75) is 26.8 Å². The zero-order valence-corrected chi connectivity index (χ0v) is 12.3. The highest BCUT2D eigenvalue weighted by atomic mass is 35.5. The Labute approximate surface area is 121 Å². The van der Waals surface area contributed by atoms with Crippen LogP contribution >= 0.6 is 11.6 Å². The smallest absolute Gasteiger partial charge is 0.142 e. The molecular weight excluding hydrogens is 284 g/mol. The molecule has 0 aliphatic carbocycles. The Morgan fingerprint density at radius 1 is 1.15 bits per heavy atom. The minimum atomic E-state index is -0.635. The molecule has 0 amide bonds. The number of benzene rings is 1. The average molecular weight is 300 g/mol. The summed E-state index contributed by atoms with van der Waals surface area (Å²) in [5.74, 6) is 0.239. The van der Waals surface area contributed by atoms with Crippen LogP contribution < -0.4 is 5.32 Å². The highest BCUT2D eigenvalue weighted by Gasteiger charge is 2.23. The molecule has 108 valence electrons. The van der Waals surface area contributed by atoms with Crippen LogP contribution in [-0.2, 0) is 0 Å². The molecule has 0 saturated carbocycles. The molecule has 1 aromatic carbocycles. The van der Waals surface area contributed by atoms with Crippen molar-refractivity contribution in [3.8, 4) is 0 Å². The van der Waals surface area contributed by atoms with Crippen LogP contribution in [0.4, 0.5) is 8.78 Å². The van der Waals surface area contributed by atoms with Gasteiger partial charge in [-0.1, -0.05) is 18.5 Å². The van der Waals surface area contributed by atoms with Crippen molar-refractivity contribution in [2.75, 3.05) is 6.54 Å². The molecule has 0 aliphatic rings. The van der Waals surface area contributed by atoms with Gasteiger partial charge in [0.05, 0.1) is 11.1 Å². The Morgan fingerprint density at radius 2 is 1.85 bits per heavy atom. The van der Waals surface area contributed by atoms with Crippen LogP contribution in [0.2, 0.25) is 5.02 Å². The lowest BCUT2D eigenvalue weighted by Gasteiger charge is -2.19. The molecule has 0 fully saturated rings. The zero-order valence-electron chi connectivity index (χ0n) is 11.6. The van der Waals surface area contributed by atoms with Crippen molar-refractivity contribution in [2.24, 2.45) is 0 Å². The van der Waals surface area contributed by atoms with Crippen LogP contribution in [-0.4, -0.2) is 6.54 Å². The van der Waals surface area contributed by atoms with Crippen molar-refractivity contribution >= 4 is 11.6 Å². The van der Waals surface area contributed by atoms with E-state index in [1.165, 1.54) is 0 Å². The third-order valence-corrected chi connectivity index (χ3v) is 3.44. The van der Waals surface area contributed by atoms with Crippen LogP contribution in [0, 0.1) is 25.5 Å². The second-order valence-corrected chi connectivity index (χ2v) is 5.05. The van der Waals surface area contributed by atoms with Gasteiger partial charge in [-0.2, -0.15) is 0 Å². The van der Waals surface area contributed by atoms with Crippen LogP contribution in [0.25, 0.3) is 0 Å². The molecule has 1 atom stereocenters. The minimum absolute atomic E-state index is 0.220. The fourth-order valence-electron chi connectivity index (χ4n) is 2.29. The minimum Gasteiger partial charge on any atom is -0.466 e. The quantitative estimate of drug-likeness (QED) is 0.839. The molecule has 0 bridgehead atoms. The van der Waals surface area contributed by atoms with Gasteiger partial charge in [0, 0.05) is 11.1 Å². The Balaban J connectivity index is 2.54. The highest BCUT2D eigenvalue weighted by Crippen LogP contribution is 2.31. The van der Waals surface area contributed by atoms with E-state index in [1.54, 1.807) is 6.92 Å². The predicted molar refractivity (Wildman–Crippen MR) is 75.1 cm³/mol. The normalized spacial score (nSPS) is 12.7. The first kappa shape index (κ1) is 15.0. The summed E-state index contributed by atoms with van der Waals surface area (Å²) < 4.78 is 33.2. The van der Waals surface area contributed by atoms with E-state index >= 15 is 0 Å².